The molecule has 2 aliphatic rings. The minimum atomic E-state index is 1.01. The van der Waals surface area contributed by atoms with Crippen LogP contribution in [-0.4, -0.2) is 99.1 Å². The molecule has 2 saturated heterocycles. The summed E-state index contributed by atoms with van der Waals surface area (Å²) in [7, 11) is 4.39. The van der Waals surface area contributed by atoms with Crippen molar-refractivity contribution in [3.63, 3.8) is 0 Å². The lowest BCUT2D eigenvalue weighted by Gasteiger charge is -2.33. The summed E-state index contributed by atoms with van der Waals surface area (Å²) in [4.78, 5) is 9.85. The van der Waals surface area contributed by atoms with E-state index in [1.807, 2.05) is 0 Å². The number of allylic oxidation sites excluding steroid dienone is 1. The molecule has 0 bridgehead atoms. The fraction of sp³-hybridized carbons (Fsp3) is 0.700. The summed E-state index contributed by atoms with van der Waals surface area (Å²) in [6.45, 7) is 24.3. The van der Waals surface area contributed by atoms with Crippen LogP contribution in [0, 0.1) is 0 Å². The van der Waals surface area contributed by atoms with Crippen LogP contribution in [0.5, 0.6) is 0 Å². The number of hydrogen-bond donors (Lipinski definition) is 0. The molecule has 2 heterocycles. The standard InChI is InChI=1S/C20H36N4/c1-18(6-8-23-14-10-21(4)11-15-23)20(3)19(2)7-9-24-16-12-22(5)13-17-24/h1-3,6-17H2,4-5H3. The van der Waals surface area contributed by atoms with Gasteiger partial charge in [0.2, 0.25) is 0 Å². The Morgan fingerprint density at radius 1 is 0.625 bits per heavy atom. The molecule has 0 radical (unpaired) electrons. The average Bonchev–Trinajstić information content (AvgIpc) is 2.59. The van der Waals surface area contributed by atoms with Gasteiger partial charge in [-0.3, -0.25) is 0 Å². The van der Waals surface area contributed by atoms with Gasteiger partial charge in [0.25, 0.3) is 0 Å². The van der Waals surface area contributed by atoms with E-state index in [9.17, 15) is 0 Å². The van der Waals surface area contributed by atoms with E-state index in [1.165, 1.54) is 52.4 Å². The number of piperazine rings is 2. The van der Waals surface area contributed by atoms with Gasteiger partial charge in [-0.25, -0.2) is 0 Å². The number of rotatable bonds is 8. The summed E-state index contributed by atoms with van der Waals surface area (Å²) >= 11 is 0. The van der Waals surface area contributed by atoms with Gasteiger partial charge >= 0.3 is 0 Å². The van der Waals surface area contributed by atoms with E-state index in [0.29, 0.717) is 0 Å². The lowest BCUT2D eigenvalue weighted by Crippen LogP contribution is -2.44. The van der Waals surface area contributed by atoms with Crippen LogP contribution in [0.3, 0.4) is 0 Å². The predicted molar refractivity (Wildman–Crippen MR) is 105 cm³/mol. The molecule has 0 atom stereocenters. The Hall–Kier alpha value is -0.940. The van der Waals surface area contributed by atoms with Crippen molar-refractivity contribution in [1.82, 2.24) is 19.6 Å². The van der Waals surface area contributed by atoms with Crippen LogP contribution in [0.2, 0.25) is 0 Å². The zero-order chi connectivity index (χ0) is 17.5. The zero-order valence-electron chi connectivity index (χ0n) is 15.9. The minimum absolute atomic E-state index is 1.01. The molecule has 0 saturated carbocycles. The van der Waals surface area contributed by atoms with Crippen LogP contribution in [0.1, 0.15) is 12.8 Å². The maximum atomic E-state index is 4.26. The molecule has 136 valence electrons. The Bertz CT molecular complexity index is 401. The third-order valence-corrected chi connectivity index (χ3v) is 5.50. The van der Waals surface area contributed by atoms with E-state index in [1.54, 1.807) is 0 Å². The summed E-state index contributed by atoms with van der Waals surface area (Å²) in [6.07, 6.45) is 2.02. The Morgan fingerprint density at radius 3 is 1.29 bits per heavy atom. The van der Waals surface area contributed by atoms with Gasteiger partial charge < -0.3 is 19.6 Å². The van der Waals surface area contributed by atoms with Crippen molar-refractivity contribution >= 4 is 0 Å². The largest absolute Gasteiger partial charge is 0.304 e. The van der Waals surface area contributed by atoms with Crippen LogP contribution in [0.4, 0.5) is 0 Å². The molecule has 2 fully saturated rings. The summed E-state index contributed by atoms with van der Waals surface area (Å²) in [5, 5.41) is 0. The van der Waals surface area contributed by atoms with Crippen molar-refractivity contribution in [3.8, 4) is 0 Å². The number of likely N-dealkylation sites (N-methyl/N-ethyl adjacent to an activating group) is 2. The molecule has 0 aromatic rings. The Morgan fingerprint density at radius 2 is 0.958 bits per heavy atom. The quantitative estimate of drug-likeness (QED) is 0.630. The minimum Gasteiger partial charge on any atom is -0.304 e. The molecule has 0 amide bonds. The molecular formula is C20H36N4. The van der Waals surface area contributed by atoms with Crippen LogP contribution in [-0.2, 0) is 0 Å². The molecule has 0 N–H and O–H groups in total. The molecule has 0 aliphatic carbocycles. The van der Waals surface area contributed by atoms with E-state index in [-0.39, 0.29) is 0 Å². The van der Waals surface area contributed by atoms with Crippen LogP contribution < -0.4 is 0 Å². The van der Waals surface area contributed by atoms with Crippen molar-refractivity contribution in [3.05, 3.63) is 36.5 Å². The second-order valence-electron chi connectivity index (χ2n) is 7.48. The molecule has 4 heteroatoms. The first-order chi connectivity index (χ1) is 11.5. The fourth-order valence-electron chi connectivity index (χ4n) is 3.28. The number of nitrogens with zero attached hydrogens (tertiary/aromatic N) is 4. The molecule has 2 aliphatic heterocycles. The van der Waals surface area contributed by atoms with Crippen molar-refractivity contribution in [2.24, 2.45) is 0 Å². The highest BCUT2D eigenvalue weighted by molar-refractivity contribution is 5.41. The maximum absolute atomic E-state index is 4.26. The van der Waals surface area contributed by atoms with E-state index < -0.39 is 0 Å². The highest BCUT2D eigenvalue weighted by Gasteiger charge is 2.16. The van der Waals surface area contributed by atoms with Crippen molar-refractivity contribution in [2.45, 2.75) is 12.8 Å². The fourth-order valence-corrected chi connectivity index (χ4v) is 3.28. The third kappa shape index (κ3) is 6.17. The second-order valence-corrected chi connectivity index (χ2v) is 7.48. The summed E-state index contributed by atoms with van der Waals surface area (Å²) < 4.78 is 0. The normalized spacial score (nSPS) is 21.8. The van der Waals surface area contributed by atoms with Gasteiger partial charge in [0.1, 0.15) is 0 Å². The van der Waals surface area contributed by atoms with E-state index in [4.69, 9.17) is 0 Å². The average molecular weight is 333 g/mol. The predicted octanol–water partition coefficient (Wildman–Crippen LogP) is 1.93. The molecular weight excluding hydrogens is 296 g/mol. The molecule has 0 unspecified atom stereocenters. The van der Waals surface area contributed by atoms with E-state index in [2.05, 4.69) is 53.4 Å². The van der Waals surface area contributed by atoms with Crippen LogP contribution in [0.25, 0.3) is 0 Å². The van der Waals surface area contributed by atoms with Crippen molar-refractivity contribution in [1.29, 1.82) is 0 Å². The third-order valence-electron chi connectivity index (χ3n) is 5.50. The highest BCUT2D eigenvalue weighted by atomic mass is 15.2. The summed E-state index contributed by atoms with van der Waals surface area (Å²) in [5.41, 5.74) is 3.41. The lowest BCUT2D eigenvalue weighted by molar-refractivity contribution is 0.155. The smallest absolute Gasteiger partial charge is 0.0110 e. The van der Waals surface area contributed by atoms with Crippen molar-refractivity contribution in [2.75, 3.05) is 79.5 Å². The summed E-state index contributed by atoms with van der Waals surface area (Å²) in [5.74, 6) is 0. The zero-order valence-corrected chi connectivity index (χ0v) is 15.9. The Kier molecular flexibility index (Phi) is 7.69. The molecule has 0 aromatic carbocycles. The highest BCUT2D eigenvalue weighted by Crippen LogP contribution is 2.21. The lowest BCUT2D eigenvalue weighted by atomic mass is 9.97. The van der Waals surface area contributed by atoms with Gasteiger partial charge in [0.05, 0.1) is 0 Å². The molecule has 0 aromatic heterocycles. The van der Waals surface area contributed by atoms with Gasteiger partial charge in [-0.2, -0.15) is 0 Å². The van der Waals surface area contributed by atoms with Gasteiger partial charge in [-0.05, 0) is 43.7 Å². The topological polar surface area (TPSA) is 13.0 Å². The Balaban J connectivity index is 1.64. The molecule has 4 nitrogen and oxygen atoms in total. The molecule has 2 rings (SSSR count). The van der Waals surface area contributed by atoms with Crippen LogP contribution in [0.15, 0.2) is 36.5 Å². The second kappa shape index (κ2) is 9.52. The van der Waals surface area contributed by atoms with E-state index in [0.717, 1.165) is 42.7 Å². The van der Waals surface area contributed by atoms with Crippen LogP contribution >= 0.6 is 0 Å². The number of hydrogen-bond acceptors (Lipinski definition) is 4. The van der Waals surface area contributed by atoms with Gasteiger partial charge in [0.15, 0.2) is 0 Å². The maximum Gasteiger partial charge on any atom is 0.0110 e. The SMILES string of the molecule is C=C(CCN1CCN(C)CC1)C(=C)C(=C)CCN1CCN(C)CC1. The van der Waals surface area contributed by atoms with Gasteiger partial charge in [-0.1, -0.05) is 19.7 Å². The van der Waals surface area contributed by atoms with Gasteiger partial charge in [0, 0.05) is 65.4 Å². The first-order valence-corrected chi connectivity index (χ1v) is 9.32. The summed E-state index contributed by atoms with van der Waals surface area (Å²) in [6, 6.07) is 0. The van der Waals surface area contributed by atoms with Crippen molar-refractivity contribution < 1.29 is 0 Å². The van der Waals surface area contributed by atoms with Gasteiger partial charge in [-0.15, -0.1) is 0 Å². The molecule has 24 heavy (non-hydrogen) atoms. The first kappa shape index (κ1) is 19.4. The monoisotopic (exact) mass is 332 g/mol. The van der Waals surface area contributed by atoms with E-state index >= 15 is 0 Å². The first-order valence-electron chi connectivity index (χ1n) is 9.32. The Labute approximate surface area is 149 Å². The molecule has 0 spiro atoms.